The van der Waals surface area contributed by atoms with E-state index in [0.29, 0.717) is 0 Å². The van der Waals surface area contributed by atoms with Gasteiger partial charge in [-0.3, -0.25) is 0 Å². The topological polar surface area (TPSA) is 29.3 Å². The van der Waals surface area contributed by atoms with Crippen molar-refractivity contribution in [1.82, 2.24) is 0 Å². The number of hydrogen-bond donors (Lipinski definition) is 1. The van der Waals surface area contributed by atoms with Crippen molar-refractivity contribution in [3.05, 3.63) is 28.8 Å². The molecule has 1 aromatic rings. The van der Waals surface area contributed by atoms with Crippen LogP contribution in [0.15, 0.2) is 18.2 Å². The molecule has 3 heteroatoms. The van der Waals surface area contributed by atoms with E-state index in [2.05, 4.69) is 24.9 Å². The van der Waals surface area contributed by atoms with E-state index in [0.717, 1.165) is 29.8 Å². The van der Waals surface area contributed by atoms with Gasteiger partial charge < -0.3 is 10.6 Å². The smallest absolute Gasteiger partial charge is 0.0410 e. The summed E-state index contributed by atoms with van der Waals surface area (Å²) in [7, 11) is 2.17. The fourth-order valence-electron chi connectivity index (χ4n) is 2.54. The Morgan fingerprint density at radius 2 is 2.17 bits per heavy atom. The Balaban J connectivity index is 2.14. The van der Waals surface area contributed by atoms with Crippen LogP contribution in [0.25, 0.3) is 0 Å². The second-order valence-corrected chi connectivity index (χ2v) is 6.24. The maximum Gasteiger partial charge on any atom is 0.0410 e. The summed E-state index contributed by atoms with van der Waals surface area (Å²) in [6.45, 7) is 5.49. The van der Waals surface area contributed by atoms with Gasteiger partial charge in [0.15, 0.2) is 0 Å². The van der Waals surface area contributed by atoms with Crippen molar-refractivity contribution < 1.29 is 0 Å². The summed E-state index contributed by atoms with van der Waals surface area (Å²) >= 11 is 6.09. The molecule has 3 atom stereocenters. The SMILES string of the molecule is CC(N)Cc1cc(Cl)ccc1N(C)CC1CC1C. The Morgan fingerprint density at radius 3 is 2.72 bits per heavy atom. The number of rotatable bonds is 5. The maximum atomic E-state index is 6.09. The molecule has 0 aromatic heterocycles. The fourth-order valence-corrected chi connectivity index (χ4v) is 2.74. The van der Waals surface area contributed by atoms with Gasteiger partial charge in [-0.05, 0) is 55.4 Å². The summed E-state index contributed by atoms with van der Waals surface area (Å²) in [5, 5.41) is 0.794. The molecule has 0 amide bonds. The van der Waals surface area contributed by atoms with Crippen molar-refractivity contribution in [3.8, 4) is 0 Å². The van der Waals surface area contributed by atoms with Gasteiger partial charge in [-0.15, -0.1) is 0 Å². The average Bonchev–Trinajstić information content (AvgIpc) is 2.93. The molecule has 1 aliphatic carbocycles. The van der Waals surface area contributed by atoms with Crippen LogP contribution in [0.2, 0.25) is 5.02 Å². The molecular formula is C15H23ClN2. The summed E-state index contributed by atoms with van der Waals surface area (Å²) < 4.78 is 0. The van der Waals surface area contributed by atoms with Crippen molar-refractivity contribution in [2.24, 2.45) is 17.6 Å². The van der Waals surface area contributed by atoms with Crippen LogP contribution in [0.4, 0.5) is 5.69 Å². The summed E-state index contributed by atoms with van der Waals surface area (Å²) in [6, 6.07) is 6.30. The molecule has 1 fully saturated rings. The van der Waals surface area contributed by atoms with E-state index in [1.165, 1.54) is 17.7 Å². The minimum atomic E-state index is 0.162. The van der Waals surface area contributed by atoms with Gasteiger partial charge in [-0.2, -0.15) is 0 Å². The fraction of sp³-hybridized carbons (Fsp3) is 0.600. The predicted molar refractivity (Wildman–Crippen MR) is 79.3 cm³/mol. The molecule has 0 bridgehead atoms. The van der Waals surface area contributed by atoms with E-state index >= 15 is 0 Å². The van der Waals surface area contributed by atoms with Gasteiger partial charge in [0.05, 0.1) is 0 Å². The van der Waals surface area contributed by atoms with Crippen LogP contribution in [0.5, 0.6) is 0 Å². The Morgan fingerprint density at radius 1 is 1.50 bits per heavy atom. The third kappa shape index (κ3) is 3.39. The molecule has 0 radical (unpaired) electrons. The maximum absolute atomic E-state index is 6.09. The molecule has 0 spiro atoms. The quantitative estimate of drug-likeness (QED) is 0.886. The molecule has 2 rings (SSSR count). The average molecular weight is 267 g/mol. The lowest BCUT2D eigenvalue weighted by Crippen LogP contribution is -2.24. The van der Waals surface area contributed by atoms with Crippen molar-refractivity contribution in [1.29, 1.82) is 0 Å². The van der Waals surface area contributed by atoms with Crippen LogP contribution in [-0.4, -0.2) is 19.6 Å². The van der Waals surface area contributed by atoms with Gasteiger partial charge in [0.25, 0.3) is 0 Å². The van der Waals surface area contributed by atoms with Crippen LogP contribution in [0, 0.1) is 11.8 Å². The van der Waals surface area contributed by atoms with E-state index in [1.807, 2.05) is 19.1 Å². The molecule has 18 heavy (non-hydrogen) atoms. The summed E-state index contributed by atoms with van der Waals surface area (Å²) in [4.78, 5) is 2.35. The lowest BCUT2D eigenvalue weighted by Gasteiger charge is -2.23. The number of nitrogens with zero attached hydrogens (tertiary/aromatic N) is 1. The van der Waals surface area contributed by atoms with Crippen LogP contribution in [0.3, 0.4) is 0 Å². The zero-order valence-corrected chi connectivity index (χ0v) is 12.2. The Labute approximate surface area is 115 Å². The molecule has 1 saturated carbocycles. The number of nitrogens with two attached hydrogens (primary N) is 1. The van der Waals surface area contributed by atoms with Crippen molar-refractivity contribution in [3.63, 3.8) is 0 Å². The molecule has 100 valence electrons. The normalized spacial score (nSPS) is 23.8. The van der Waals surface area contributed by atoms with E-state index < -0.39 is 0 Å². The number of hydrogen-bond acceptors (Lipinski definition) is 2. The first-order valence-electron chi connectivity index (χ1n) is 6.72. The highest BCUT2D eigenvalue weighted by atomic mass is 35.5. The first kappa shape index (κ1) is 13.7. The molecule has 1 aromatic carbocycles. The second-order valence-electron chi connectivity index (χ2n) is 5.81. The Hall–Kier alpha value is -0.730. The zero-order valence-electron chi connectivity index (χ0n) is 11.5. The number of benzene rings is 1. The summed E-state index contributed by atoms with van der Waals surface area (Å²) in [6.07, 6.45) is 2.24. The van der Waals surface area contributed by atoms with Crippen molar-refractivity contribution >= 4 is 17.3 Å². The van der Waals surface area contributed by atoms with Gasteiger partial charge in [0.2, 0.25) is 0 Å². The Kier molecular flexibility index (Phi) is 4.18. The van der Waals surface area contributed by atoms with E-state index in [9.17, 15) is 0 Å². The third-order valence-corrected chi connectivity index (χ3v) is 4.01. The molecule has 0 saturated heterocycles. The molecule has 3 unspecified atom stereocenters. The first-order valence-corrected chi connectivity index (χ1v) is 7.10. The van der Waals surface area contributed by atoms with Gasteiger partial charge in [0.1, 0.15) is 0 Å². The zero-order chi connectivity index (χ0) is 13.3. The van der Waals surface area contributed by atoms with Gasteiger partial charge in [-0.1, -0.05) is 18.5 Å². The van der Waals surface area contributed by atoms with Gasteiger partial charge in [0, 0.05) is 30.3 Å². The standard InChI is InChI=1S/C15H23ClN2/c1-10-6-13(10)9-18(3)15-5-4-14(16)8-12(15)7-11(2)17/h4-5,8,10-11,13H,6-7,9,17H2,1-3H3. The molecular weight excluding hydrogens is 244 g/mol. The summed E-state index contributed by atoms with van der Waals surface area (Å²) in [5.74, 6) is 1.74. The molecule has 0 heterocycles. The lowest BCUT2D eigenvalue weighted by molar-refractivity contribution is 0.709. The van der Waals surface area contributed by atoms with Crippen LogP contribution >= 0.6 is 11.6 Å². The minimum Gasteiger partial charge on any atom is -0.374 e. The number of halogens is 1. The molecule has 0 aliphatic heterocycles. The predicted octanol–water partition coefficient (Wildman–Crippen LogP) is 3.32. The minimum absolute atomic E-state index is 0.162. The van der Waals surface area contributed by atoms with E-state index in [4.69, 9.17) is 17.3 Å². The molecule has 1 aliphatic rings. The Bertz CT molecular complexity index is 417. The van der Waals surface area contributed by atoms with Crippen molar-refractivity contribution in [2.45, 2.75) is 32.7 Å². The van der Waals surface area contributed by atoms with E-state index in [-0.39, 0.29) is 6.04 Å². The monoisotopic (exact) mass is 266 g/mol. The highest BCUT2D eigenvalue weighted by molar-refractivity contribution is 6.30. The summed E-state index contributed by atoms with van der Waals surface area (Å²) in [5.41, 5.74) is 8.45. The van der Waals surface area contributed by atoms with E-state index in [1.54, 1.807) is 0 Å². The highest BCUT2D eigenvalue weighted by Crippen LogP contribution is 2.39. The van der Waals surface area contributed by atoms with Gasteiger partial charge >= 0.3 is 0 Å². The largest absolute Gasteiger partial charge is 0.374 e. The lowest BCUT2D eigenvalue weighted by atomic mass is 10.0. The van der Waals surface area contributed by atoms with Crippen LogP contribution in [0.1, 0.15) is 25.8 Å². The van der Waals surface area contributed by atoms with Gasteiger partial charge in [-0.25, -0.2) is 0 Å². The second kappa shape index (κ2) is 5.50. The first-order chi connectivity index (χ1) is 8.47. The van der Waals surface area contributed by atoms with Crippen LogP contribution in [-0.2, 0) is 6.42 Å². The number of anilines is 1. The molecule has 2 N–H and O–H groups in total. The molecule has 2 nitrogen and oxygen atoms in total. The highest BCUT2D eigenvalue weighted by Gasteiger charge is 2.33. The van der Waals surface area contributed by atoms with Crippen LogP contribution < -0.4 is 10.6 Å². The van der Waals surface area contributed by atoms with Crippen molar-refractivity contribution in [2.75, 3.05) is 18.5 Å². The third-order valence-electron chi connectivity index (χ3n) is 3.78.